The maximum Gasteiger partial charge on any atom is 0.267 e. The van der Waals surface area contributed by atoms with E-state index in [2.05, 4.69) is 15.1 Å². The molecular formula is C24H23ClFN5O4. The Morgan fingerprint density at radius 3 is 2.51 bits per heavy atom. The number of halogens is 2. The smallest absolute Gasteiger partial charge is 0.267 e. The Kier molecular flexibility index (Phi) is 8.82. The first kappa shape index (κ1) is 25.7. The fourth-order valence-corrected chi connectivity index (χ4v) is 3.61. The molecule has 1 atom stereocenters. The minimum absolute atomic E-state index is 0. The third-order valence-corrected chi connectivity index (χ3v) is 5.33. The number of likely N-dealkylation sites (tertiary alicyclic amines) is 1. The molecule has 1 unspecified atom stereocenters. The molecular weight excluding hydrogens is 477 g/mol. The van der Waals surface area contributed by atoms with Crippen LogP contribution in [0.25, 0.3) is 23.5 Å². The number of amides is 2. The van der Waals surface area contributed by atoms with Crippen LogP contribution in [0.5, 0.6) is 0 Å². The van der Waals surface area contributed by atoms with E-state index in [1.54, 1.807) is 41.3 Å². The summed E-state index contributed by atoms with van der Waals surface area (Å²) in [5.41, 5.74) is 3.22. The first-order valence-corrected chi connectivity index (χ1v) is 10.7. The van der Waals surface area contributed by atoms with Gasteiger partial charge in [-0.2, -0.15) is 4.98 Å². The summed E-state index contributed by atoms with van der Waals surface area (Å²) in [6.07, 6.45) is 7.27. The van der Waals surface area contributed by atoms with Crippen molar-refractivity contribution < 1.29 is 23.7 Å². The van der Waals surface area contributed by atoms with E-state index in [9.17, 15) is 14.0 Å². The molecule has 0 spiro atoms. The second-order valence-electron chi connectivity index (χ2n) is 7.72. The van der Waals surface area contributed by atoms with Crippen molar-refractivity contribution in [2.24, 2.45) is 0 Å². The van der Waals surface area contributed by atoms with Crippen LogP contribution < -0.4 is 5.48 Å². The van der Waals surface area contributed by atoms with Crippen LogP contribution in [0.4, 0.5) is 4.39 Å². The molecule has 3 aromatic rings. The number of carbonyl (C=O) groups is 2. The number of carbonyl (C=O) groups excluding carboxylic acids is 2. The molecule has 1 aliphatic rings. The Hall–Kier alpha value is -3.89. The van der Waals surface area contributed by atoms with E-state index in [-0.39, 0.29) is 30.0 Å². The van der Waals surface area contributed by atoms with Crippen LogP contribution >= 0.6 is 12.4 Å². The van der Waals surface area contributed by atoms with Gasteiger partial charge in [0.2, 0.25) is 17.6 Å². The van der Waals surface area contributed by atoms with Crippen LogP contribution in [0.2, 0.25) is 0 Å². The monoisotopic (exact) mass is 499 g/mol. The molecule has 1 fully saturated rings. The summed E-state index contributed by atoms with van der Waals surface area (Å²) >= 11 is 0. The predicted octanol–water partition coefficient (Wildman–Crippen LogP) is 3.63. The molecule has 35 heavy (non-hydrogen) atoms. The molecule has 1 saturated heterocycles. The first-order chi connectivity index (χ1) is 16.5. The number of benzene rings is 1. The molecule has 2 N–H and O–H groups in total. The zero-order valence-electron chi connectivity index (χ0n) is 18.5. The van der Waals surface area contributed by atoms with Crippen molar-refractivity contribution >= 4 is 36.4 Å². The summed E-state index contributed by atoms with van der Waals surface area (Å²) in [6.45, 7) is 1.06. The van der Waals surface area contributed by atoms with Crippen LogP contribution in [-0.4, -0.2) is 50.1 Å². The molecule has 1 aliphatic heterocycles. The second-order valence-corrected chi connectivity index (χ2v) is 7.72. The lowest BCUT2D eigenvalue weighted by Crippen LogP contribution is -2.38. The molecule has 2 aromatic heterocycles. The number of hydrogen-bond acceptors (Lipinski definition) is 7. The van der Waals surface area contributed by atoms with E-state index >= 15 is 0 Å². The molecule has 9 nitrogen and oxygen atoms in total. The minimum atomic E-state index is -0.663. The average molecular weight is 500 g/mol. The lowest BCUT2D eigenvalue weighted by molar-refractivity contribution is -0.127. The van der Waals surface area contributed by atoms with Gasteiger partial charge in [0.15, 0.2) is 0 Å². The fraction of sp³-hybridized carbons (Fsp3) is 0.208. The van der Waals surface area contributed by atoms with Crippen molar-refractivity contribution in [3.63, 3.8) is 0 Å². The highest BCUT2D eigenvalue weighted by Crippen LogP contribution is 2.28. The van der Waals surface area contributed by atoms with Gasteiger partial charge in [-0.1, -0.05) is 11.2 Å². The van der Waals surface area contributed by atoms with Crippen molar-refractivity contribution in [3.05, 3.63) is 77.7 Å². The maximum absolute atomic E-state index is 13.1. The van der Waals surface area contributed by atoms with E-state index in [0.29, 0.717) is 41.8 Å². The van der Waals surface area contributed by atoms with Crippen molar-refractivity contribution in [2.45, 2.75) is 18.8 Å². The van der Waals surface area contributed by atoms with Gasteiger partial charge < -0.3 is 9.42 Å². The van der Waals surface area contributed by atoms with Crippen molar-refractivity contribution in [3.8, 4) is 11.4 Å². The topological polar surface area (TPSA) is 121 Å². The number of nitrogens with zero attached hydrogens (tertiary/aromatic N) is 4. The molecule has 182 valence electrons. The lowest BCUT2D eigenvalue weighted by atomic mass is 9.98. The summed E-state index contributed by atoms with van der Waals surface area (Å²) in [6, 6.07) is 11.0. The molecule has 0 bridgehead atoms. The normalized spacial score (nSPS) is 15.8. The molecule has 0 aliphatic carbocycles. The number of nitrogens with one attached hydrogen (secondary N) is 1. The molecule has 11 heteroatoms. The van der Waals surface area contributed by atoms with Crippen LogP contribution in [-0.2, 0) is 9.59 Å². The van der Waals surface area contributed by atoms with Crippen LogP contribution in [0.3, 0.4) is 0 Å². The molecule has 3 heterocycles. The Balaban J connectivity index is 0.00000342. The SMILES string of the molecule is Cl.O=C(C=Cc1cccc(C=CC(=O)N2CCCC(c3nc(-c4ccc(F)cc4)no3)C2)n1)NO. The van der Waals surface area contributed by atoms with Crippen LogP contribution in [0, 0.1) is 5.82 Å². The van der Waals surface area contributed by atoms with E-state index in [1.807, 2.05) is 0 Å². The third kappa shape index (κ3) is 6.81. The van der Waals surface area contributed by atoms with Gasteiger partial charge in [-0.15, -0.1) is 12.4 Å². The van der Waals surface area contributed by atoms with Gasteiger partial charge in [-0.25, -0.2) is 14.9 Å². The molecule has 4 rings (SSSR count). The number of hydroxylamine groups is 1. The van der Waals surface area contributed by atoms with E-state index in [4.69, 9.17) is 9.73 Å². The summed E-state index contributed by atoms with van der Waals surface area (Å²) in [5.74, 6) is -0.413. The zero-order valence-corrected chi connectivity index (χ0v) is 19.3. The first-order valence-electron chi connectivity index (χ1n) is 10.7. The van der Waals surface area contributed by atoms with E-state index in [1.165, 1.54) is 29.8 Å². The van der Waals surface area contributed by atoms with Crippen molar-refractivity contribution in [1.29, 1.82) is 0 Å². The standard InChI is InChI=1S/C24H22FN5O4.ClH/c25-18-8-6-16(7-9-18)23-27-24(34-29-23)17-3-2-14-30(15-17)22(32)13-11-20-5-1-4-19(26-20)10-12-21(31)28-33;/h1,4-13,17,33H,2-3,14-15H2,(H,28,31);1H. The molecule has 1 aromatic carbocycles. The summed E-state index contributed by atoms with van der Waals surface area (Å²) < 4.78 is 18.6. The highest BCUT2D eigenvalue weighted by atomic mass is 35.5. The predicted molar refractivity (Wildman–Crippen MR) is 128 cm³/mol. The molecule has 0 saturated carbocycles. The number of rotatable bonds is 6. The molecule has 2 amide bonds. The van der Waals surface area contributed by atoms with Gasteiger partial charge in [0.05, 0.1) is 17.3 Å². The van der Waals surface area contributed by atoms with Gasteiger partial charge in [-0.3, -0.25) is 14.8 Å². The average Bonchev–Trinajstić information content (AvgIpc) is 3.37. The Labute approximate surface area is 206 Å². The number of hydrogen-bond donors (Lipinski definition) is 2. The summed E-state index contributed by atoms with van der Waals surface area (Å²) in [7, 11) is 0. The largest absolute Gasteiger partial charge is 0.339 e. The lowest BCUT2D eigenvalue weighted by Gasteiger charge is -2.30. The van der Waals surface area contributed by atoms with Gasteiger partial charge >= 0.3 is 0 Å². The second kappa shape index (κ2) is 12.0. The summed E-state index contributed by atoms with van der Waals surface area (Å²) in [4.78, 5) is 34.4. The zero-order chi connectivity index (χ0) is 23.9. The van der Waals surface area contributed by atoms with Gasteiger partial charge in [0.25, 0.3) is 5.91 Å². The quantitative estimate of drug-likeness (QED) is 0.302. The highest BCUT2D eigenvalue weighted by Gasteiger charge is 2.28. The van der Waals surface area contributed by atoms with Gasteiger partial charge in [0.1, 0.15) is 5.82 Å². The van der Waals surface area contributed by atoms with Crippen LogP contribution in [0.15, 0.2) is 59.1 Å². The van der Waals surface area contributed by atoms with Gasteiger partial charge in [-0.05, 0) is 61.4 Å². The fourth-order valence-electron chi connectivity index (χ4n) is 3.61. The van der Waals surface area contributed by atoms with E-state index < -0.39 is 5.91 Å². The highest BCUT2D eigenvalue weighted by molar-refractivity contribution is 5.92. The molecule has 0 radical (unpaired) electrons. The van der Waals surface area contributed by atoms with Gasteiger partial charge in [0, 0.05) is 30.8 Å². The number of pyridine rings is 1. The third-order valence-electron chi connectivity index (χ3n) is 5.33. The summed E-state index contributed by atoms with van der Waals surface area (Å²) in [5, 5.41) is 12.5. The van der Waals surface area contributed by atoms with Crippen molar-refractivity contribution in [1.82, 2.24) is 25.5 Å². The van der Waals surface area contributed by atoms with E-state index in [0.717, 1.165) is 18.9 Å². The Bertz CT molecular complexity index is 1230. The van der Waals surface area contributed by atoms with Crippen LogP contribution in [0.1, 0.15) is 36.0 Å². The number of aromatic nitrogens is 3. The van der Waals surface area contributed by atoms with Crippen molar-refractivity contribution in [2.75, 3.05) is 13.1 Å². The number of piperidine rings is 1. The minimum Gasteiger partial charge on any atom is -0.339 e. The Morgan fingerprint density at radius 2 is 1.80 bits per heavy atom. The Morgan fingerprint density at radius 1 is 1.09 bits per heavy atom. The maximum atomic E-state index is 13.1.